The zero-order valence-corrected chi connectivity index (χ0v) is 12.2. The van der Waals surface area contributed by atoms with Crippen LogP contribution in [0.25, 0.3) is 0 Å². The van der Waals surface area contributed by atoms with E-state index in [1.165, 1.54) is 0 Å². The van der Waals surface area contributed by atoms with Crippen LogP contribution in [0.5, 0.6) is 5.75 Å². The van der Waals surface area contributed by atoms with Gasteiger partial charge in [-0.3, -0.25) is 0 Å². The summed E-state index contributed by atoms with van der Waals surface area (Å²) in [6, 6.07) is 7.57. The molecule has 1 aromatic rings. The van der Waals surface area contributed by atoms with Crippen molar-refractivity contribution in [1.82, 2.24) is 4.90 Å². The number of hydrogen-bond donors (Lipinski definition) is 0. The van der Waals surface area contributed by atoms with E-state index in [4.69, 9.17) is 4.74 Å². The van der Waals surface area contributed by atoms with Crippen molar-refractivity contribution in [3.05, 3.63) is 24.3 Å². The van der Waals surface area contributed by atoms with Gasteiger partial charge in [-0.15, -0.1) is 0 Å². The van der Waals surface area contributed by atoms with Crippen molar-refractivity contribution < 1.29 is 17.9 Å². The van der Waals surface area contributed by atoms with Gasteiger partial charge in [-0.1, -0.05) is 0 Å². The van der Waals surface area contributed by atoms with Crippen LogP contribution >= 0.6 is 0 Å². The van der Waals surface area contributed by atoms with Crippen molar-refractivity contribution in [2.45, 2.75) is 19.0 Å². The second kappa shape index (κ2) is 7.02. The topological polar surface area (TPSA) is 15.7 Å². The minimum Gasteiger partial charge on any atom is -0.494 e. The molecule has 1 heterocycles. The maximum atomic E-state index is 12.0. The highest BCUT2D eigenvalue weighted by molar-refractivity contribution is 5.49. The third-order valence-corrected chi connectivity index (χ3v) is 3.58. The highest BCUT2D eigenvalue weighted by atomic mass is 19.4. The Hall–Kier alpha value is -1.43. The number of halogens is 3. The highest BCUT2D eigenvalue weighted by Crippen LogP contribution is 2.23. The lowest BCUT2D eigenvalue weighted by Gasteiger charge is -2.34. The number of anilines is 1. The molecular weight excluding hydrogens is 281 g/mol. The summed E-state index contributed by atoms with van der Waals surface area (Å²) in [5.74, 6) is 0.620. The number of benzene rings is 1. The first kappa shape index (κ1) is 15.9. The predicted octanol–water partition coefficient (Wildman–Crippen LogP) is 3.16. The van der Waals surface area contributed by atoms with Gasteiger partial charge >= 0.3 is 6.18 Å². The van der Waals surface area contributed by atoms with E-state index in [0.717, 1.165) is 31.9 Å². The van der Waals surface area contributed by atoms with Gasteiger partial charge in [-0.25, -0.2) is 0 Å². The van der Waals surface area contributed by atoms with Crippen LogP contribution in [0.4, 0.5) is 18.9 Å². The largest absolute Gasteiger partial charge is 0.494 e. The number of rotatable bonds is 5. The minimum atomic E-state index is -4.10. The maximum Gasteiger partial charge on any atom is 0.389 e. The fourth-order valence-corrected chi connectivity index (χ4v) is 2.28. The summed E-state index contributed by atoms with van der Waals surface area (Å²) in [6.45, 7) is 4.14. The van der Waals surface area contributed by atoms with Gasteiger partial charge < -0.3 is 14.5 Å². The lowest BCUT2D eigenvalue weighted by molar-refractivity contribution is -0.136. The van der Waals surface area contributed by atoms with Crippen LogP contribution in [0.3, 0.4) is 0 Å². The fraction of sp³-hybridized carbons (Fsp3) is 0.600. The molecule has 0 bridgehead atoms. The average molecular weight is 302 g/mol. The molecule has 0 radical (unpaired) electrons. The molecule has 1 fully saturated rings. The third kappa shape index (κ3) is 5.46. The molecule has 0 atom stereocenters. The Labute approximate surface area is 123 Å². The van der Waals surface area contributed by atoms with Gasteiger partial charge in [0.2, 0.25) is 0 Å². The van der Waals surface area contributed by atoms with Gasteiger partial charge in [-0.05, 0) is 37.7 Å². The van der Waals surface area contributed by atoms with Crippen molar-refractivity contribution in [1.29, 1.82) is 0 Å². The molecular formula is C15H21F3N2O. The van der Waals surface area contributed by atoms with E-state index in [9.17, 15) is 13.2 Å². The molecule has 6 heteroatoms. The second-order valence-corrected chi connectivity index (χ2v) is 5.35. The number of hydrogen-bond acceptors (Lipinski definition) is 3. The van der Waals surface area contributed by atoms with Gasteiger partial charge in [-0.2, -0.15) is 13.2 Å². The molecule has 3 nitrogen and oxygen atoms in total. The van der Waals surface area contributed by atoms with Crippen LogP contribution in [0.1, 0.15) is 12.8 Å². The average Bonchev–Trinajstić information content (AvgIpc) is 2.44. The molecule has 0 N–H and O–H groups in total. The van der Waals surface area contributed by atoms with Gasteiger partial charge in [0, 0.05) is 38.3 Å². The summed E-state index contributed by atoms with van der Waals surface area (Å²) in [5, 5.41) is 0. The summed E-state index contributed by atoms with van der Waals surface area (Å²) >= 11 is 0. The molecule has 1 saturated heterocycles. The zero-order valence-electron chi connectivity index (χ0n) is 12.2. The van der Waals surface area contributed by atoms with Gasteiger partial charge in [0.1, 0.15) is 5.75 Å². The predicted molar refractivity (Wildman–Crippen MR) is 76.9 cm³/mol. The maximum absolute atomic E-state index is 12.0. The Balaban J connectivity index is 1.77. The number of nitrogens with zero attached hydrogens (tertiary/aromatic N) is 2. The van der Waals surface area contributed by atoms with Gasteiger partial charge in [0.25, 0.3) is 0 Å². The number of ether oxygens (including phenoxy) is 1. The molecule has 0 aliphatic carbocycles. The van der Waals surface area contributed by atoms with Crippen LogP contribution in [0, 0.1) is 0 Å². The molecule has 1 aliphatic heterocycles. The van der Waals surface area contributed by atoms with Crippen molar-refractivity contribution in [3.8, 4) is 5.75 Å². The molecule has 0 unspecified atom stereocenters. The second-order valence-electron chi connectivity index (χ2n) is 5.35. The van der Waals surface area contributed by atoms with Crippen molar-refractivity contribution in [2.75, 3.05) is 44.7 Å². The summed E-state index contributed by atoms with van der Waals surface area (Å²) in [6.07, 6.45) is -4.91. The normalized spacial score (nSPS) is 17.0. The standard InChI is InChI=1S/C15H21F3N2O/c1-19-8-10-20(11-9-19)13-3-5-14(6-4-13)21-12-2-7-15(16,17)18/h3-6H,2,7-12H2,1H3. The molecule has 0 saturated carbocycles. The molecule has 2 rings (SSSR count). The minimum absolute atomic E-state index is 0.0102. The van der Waals surface area contributed by atoms with E-state index in [2.05, 4.69) is 16.8 Å². The number of alkyl halides is 3. The van der Waals surface area contributed by atoms with E-state index in [-0.39, 0.29) is 13.0 Å². The van der Waals surface area contributed by atoms with Gasteiger partial charge in [0.15, 0.2) is 0 Å². The lowest BCUT2D eigenvalue weighted by Crippen LogP contribution is -2.44. The molecule has 0 aromatic heterocycles. The Bertz CT molecular complexity index is 426. The number of likely N-dealkylation sites (N-methyl/N-ethyl adjacent to an activating group) is 1. The molecule has 0 spiro atoms. The molecule has 1 aromatic carbocycles. The summed E-state index contributed by atoms with van der Waals surface area (Å²) in [5.41, 5.74) is 1.13. The molecule has 1 aliphatic rings. The lowest BCUT2D eigenvalue weighted by atomic mass is 10.2. The van der Waals surface area contributed by atoms with Crippen LogP contribution < -0.4 is 9.64 Å². The quantitative estimate of drug-likeness (QED) is 0.777. The van der Waals surface area contributed by atoms with E-state index in [1.54, 1.807) is 0 Å². The van der Waals surface area contributed by atoms with E-state index >= 15 is 0 Å². The zero-order chi connectivity index (χ0) is 15.3. The first-order chi connectivity index (χ1) is 9.94. The third-order valence-electron chi connectivity index (χ3n) is 3.58. The van der Waals surface area contributed by atoms with E-state index in [0.29, 0.717) is 5.75 Å². The monoisotopic (exact) mass is 302 g/mol. The van der Waals surface area contributed by atoms with Crippen molar-refractivity contribution in [3.63, 3.8) is 0 Å². The Morgan fingerprint density at radius 2 is 1.67 bits per heavy atom. The van der Waals surface area contributed by atoms with Crippen molar-refractivity contribution in [2.24, 2.45) is 0 Å². The molecule has 21 heavy (non-hydrogen) atoms. The number of piperazine rings is 1. The molecule has 0 amide bonds. The van der Waals surface area contributed by atoms with Gasteiger partial charge in [0.05, 0.1) is 6.61 Å². The first-order valence-corrected chi connectivity index (χ1v) is 7.17. The van der Waals surface area contributed by atoms with Crippen molar-refractivity contribution >= 4 is 5.69 Å². The Morgan fingerprint density at radius 1 is 1.05 bits per heavy atom. The Kier molecular flexibility index (Phi) is 5.33. The Morgan fingerprint density at radius 3 is 2.24 bits per heavy atom. The van der Waals surface area contributed by atoms with Crippen LogP contribution in [0.2, 0.25) is 0 Å². The van der Waals surface area contributed by atoms with Crippen LogP contribution in [-0.2, 0) is 0 Å². The van der Waals surface area contributed by atoms with E-state index < -0.39 is 12.6 Å². The summed E-state index contributed by atoms with van der Waals surface area (Å²) < 4.78 is 41.3. The van der Waals surface area contributed by atoms with Crippen LogP contribution in [0.15, 0.2) is 24.3 Å². The summed E-state index contributed by atoms with van der Waals surface area (Å²) in [7, 11) is 2.11. The smallest absolute Gasteiger partial charge is 0.389 e. The first-order valence-electron chi connectivity index (χ1n) is 7.17. The SMILES string of the molecule is CN1CCN(c2ccc(OCCCC(F)(F)F)cc2)CC1. The van der Waals surface area contributed by atoms with E-state index in [1.807, 2.05) is 24.3 Å². The summed E-state index contributed by atoms with van der Waals surface area (Å²) in [4.78, 5) is 4.59. The fourth-order valence-electron chi connectivity index (χ4n) is 2.28. The molecule has 118 valence electrons. The highest BCUT2D eigenvalue weighted by Gasteiger charge is 2.26. The van der Waals surface area contributed by atoms with Crippen LogP contribution in [-0.4, -0.2) is 50.9 Å².